The molecule has 0 bridgehead atoms. The maximum absolute atomic E-state index is 6.61. The van der Waals surface area contributed by atoms with Gasteiger partial charge in [-0.25, -0.2) is 9.97 Å². The van der Waals surface area contributed by atoms with Gasteiger partial charge in [0.1, 0.15) is 5.82 Å². The van der Waals surface area contributed by atoms with Crippen molar-refractivity contribution in [2.75, 3.05) is 26.5 Å². The number of anilines is 2. The second-order valence-electron chi connectivity index (χ2n) is 8.64. The minimum Gasteiger partial charge on any atom is -0.481 e. The first-order chi connectivity index (χ1) is 16.9. The van der Waals surface area contributed by atoms with E-state index in [1.165, 1.54) is 5.57 Å². The fourth-order valence-corrected chi connectivity index (χ4v) is 3.94. The predicted molar refractivity (Wildman–Crippen MR) is 146 cm³/mol. The van der Waals surface area contributed by atoms with Crippen molar-refractivity contribution in [2.45, 2.75) is 20.3 Å². The van der Waals surface area contributed by atoms with Crippen molar-refractivity contribution in [3.8, 4) is 17.0 Å². The Morgan fingerprint density at radius 3 is 2.63 bits per heavy atom. The van der Waals surface area contributed by atoms with E-state index in [0.29, 0.717) is 16.7 Å². The molecule has 6 nitrogen and oxygen atoms in total. The van der Waals surface area contributed by atoms with Gasteiger partial charge >= 0.3 is 0 Å². The zero-order valence-electron chi connectivity index (χ0n) is 20.7. The summed E-state index contributed by atoms with van der Waals surface area (Å²) in [4.78, 5) is 14.4. The third-order valence-electron chi connectivity index (χ3n) is 5.68. The SMILES string of the molecule is CCC(C)=CC(=CN(C)C)c1cc2cnc(Nc3ccc(-c4ccnc(OC)c4)cc3Cl)cc2[nH]1. The van der Waals surface area contributed by atoms with E-state index in [1.54, 1.807) is 13.3 Å². The monoisotopic (exact) mass is 487 g/mol. The molecule has 0 saturated carbocycles. The minimum absolute atomic E-state index is 0.563. The van der Waals surface area contributed by atoms with Crippen LogP contribution < -0.4 is 10.1 Å². The highest BCUT2D eigenvalue weighted by Gasteiger charge is 2.10. The highest BCUT2D eigenvalue weighted by molar-refractivity contribution is 6.33. The molecule has 0 saturated heterocycles. The van der Waals surface area contributed by atoms with Gasteiger partial charge in [0.15, 0.2) is 0 Å². The molecule has 0 spiro atoms. The molecular formula is C28H30ClN5O. The smallest absolute Gasteiger partial charge is 0.213 e. The molecular weight excluding hydrogens is 458 g/mol. The van der Waals surface area contributed by atoms with Crippen LogP contribution in [0.3, 0.4) is 0 Å². The zero-order chi connectivity index (χ0) is 24.9. The van der Waals surface area contributed by atoms with Gasteiger partial charge in [0.05, 0.1) is 23.3 Å². The van der Waals surface area contributed by atoms with Gasteiger partial charge in [-0.1, -0.05) is 36.2 Å². The molecule has 4 aromatic rings. The molecule has 0 unspecified atom stereocenters. The van der Waals surface area contributed by atoms with E-state index in [-0.39, 0.29) is 0 Å². The fraction of sp³-hybridized carbons (Fsp3) is 0.214. The number of nitrogens with one attached hydrogen (secondary N) is 2. The molecule has 0 fully saturated rings. The molecule has 3 heterocycles. The second-order valence-corrected chi connectivity index (χ2v) is 9.05. The number of rotatable bonds is 8. The van der Waals surface area contributed by atoms with Crippen molar-refractivity contribution in [2.24, 2.45) is 0 Å². The van der Waals surface area contributed by atoms with E-state index >= 15 is 0 Å². The third kappa shape index (κ3) is 5.84. The number of hydrogen-bond acceptors (Lipinski definition) is 5. The number of methoxy groups -OCH3 is 1. The normalized spacial score (nSPS) is 12.2. The number of allylic oxidation sites excluding steroid dienone is 3. The number of H-pyrrole nitrogens is 1. The van der Waals surface area contributed by atoms with E-state index in [2.05, 4.69) is 57.4 Å². The fourth-order valence-electron chi connectivity index (χ4n) is 3.71. The summed E-state index contributed by atoms with van der Waals surface area (Å²) in [7, 11) is 5.66. The van der Waals surface area contributed by atoms with Crippen LogP contribution in [0.15, 0.2) is 72.7 Å². The Hall–Kier alpha value is -3.77. The van der Waals surface area contributed by atoms with E-state index in [0.717, 1.165) is 45.4 Å². The van der Waals surface area contributed by atoms with Crippen LogP contribution in [-0.2, 0) is 0 Å². The summed E-state index contributed by atoms with van der Waals surface area (Å²) in [6.07, 6.45) is 8.94. The molecule has 1 aromatic carbocycles. The quantitative estimate of drug-likeness (QED) is 0.255. The minimum atomic E-state index is 0.563. The van der Waals surface area contributed by atoms with Crippen molar-refractivity contribution in [1.82, 2.24) is 19.9 Å². The van der Waals surface area contributed by atoms with Crippen molar-refractivity contribution in [3.63, 3.8) is 0 Å². The Balaban J connectivity index is 1.60. The van der Waals surface area contributed by atoms with Crippen molar-refractivity contribution >= 4 is 39.6 Å². The Bertz CT molecular complexity index is 1400. The molecule has 4 rings (SSSR count). The second kappa shape index (κ2) is 10.7. The topological polar surface area (TPSA) is 66.1 Å². The van der Waals surface area contributed by atoms with Crippen molar-refractivity contribution < 1.29 is 4.74 Å². The summed E-state index contributed by atoms with van der Waals surface area (Å²) in [5.41, 5.74) is 7.25. The van der Waals surface area contributed by atoms with Gasteiger partial charge in [0, 0.05) is 61.5 Å². The zero-order valence-corrected chi connectivity index (χ0v) is 21.4. The Kier molecular flexibility index (Phi) is 7.42. The van der Waals surface area contributed by atoms with Gasteiger partial charge in [-0.15, -0.1) is 0 Å². The molecule has 7 heteroatoms. The molecule has 35 heavy (non-hydrogen) atoms. The maximum Gasteiger partial charge on any atom is 0.213 e. The van der Waals surface area contributed by atoms with Crippen LogP contribution in [0.25, 0.3) is 27.6 Å². The number of pyridine rings is 2. The first-order valence-electron chi connectivity index (χ1n) is 11.5. The molecule has 3 aromatic heterocycles. The highest BCUT2D eigenvalue weighted by Crippen LogP contribution is 2.32. The number of aromatic amines is 1. The van der Waals surface area contributed by atoms with Crippen LogP contribution >= 0.6 is 11.6 Å². The van der Waals surface area contributed by atoms with E-state index in [1.807, 2.05) is 56.7 Å². The molecule has 0 aliphatic heterocycles. The summed E-state index contributed by atoms with van der Waals surface area (Å²) >= 11 is 6.61. The van der Waals surface area contributed by atoms with Crippen molar-refractivity contribution in [3.05, 3.63) is 83.4 Å². The molecule has 0 radical (unpaired) electrons. The summed E-state index contributed by atoms with van der Waals surface area (Å²) in [5, 5.41) is 4.99. The first-order valence-corrected chi connectivity index (χ1v) is 11.9. The van der Waals surface area contributed by atoms with Gasteiger partial charge in [-0.2, -0.15) is 0 Å². The van der Waals surface area contributed by atoms with Crippen LogP contribution in [0.5, 0.6) is 5.88 Å². The number of hydrogen-bond donors (Lipinski definition) is 2. The molecule has 0 aliphatic rings. The van der Waals surface area contributed by atoms with Crippen LogP contribution in [-0.4, -0.2) is 41.1 Å². The Morgan fingerprint density at radius 1 is 1.11 bits per heavy atom. The summed E-state index contributed by atoms with van der Waals surface area (Å²) in [6.45, 7) is 4.31. The van der Waals surface area contributed by atoms with Gasteiger partial charge in [0.2, 0.25) is 5.88 Å². The lowest BCUT2D eigenvalue weighted by Gasteiger charge is -2.10. The standard InChI is InChI=1S/C28H30ClN5O/c1-6-18(2)11-22(17-34(3)4)25-13-21-16-31-27(15-26(21)32-25)33-24-8-7-19(12-23(24)29)20-9-10-30-28(14-20)35-5/h7-17,32H,6H2,1-5H3,(H,31,33). The molecule has 180 valence electrons. The van der Waals surface area contributed by atoms with Crippen LogP contribution in [0, 0.1) is 0 Å². The average molecular weight is 488 g/mol. The third-order valence-corrected chi connectivity index (χ3v) is 5.99. The summed E-state index contributed by atoms with van der Waals surface area (Å²) in [5.74, 6) is 1.28. The van der Waals surface area contributed by atoms with Gasteiger partial charge in [-0.05, 0) is 48.7 Å². The summed E-state index contributed by atoms with van der Waals surface area (Å²) < 4.78 is 5.23. The lowest BCUT2D eigenvalue weighted by Crippen LogP contribution is -2.02. The molecule has 2 N–H and O–H groups in total. The Labute approximate surface area is 211 Å². The number of benzene rings is 1. The largest absolute Gasteiger partial charge is 0.481 e. The number of fused-ring (bicyclic) bond motifs is 1. The lowest BCUT2D eigenvalue weighted by atomic mass is 10.1. The van der Waals surface area contributed by atoms with Crippen LogP contribution in [0.1, 0.15) is 26.0 Å². The molecule has 0 amide bonds. The number of ether oxygens (including phenoxy) is 1. The molecule has 0 aliphatic carbocycles. The average Bonchev–Trinajstić information content (AvgIpc) is 3.28. The predicted octanol–water partition coefficient (Wildman–Crippen LogP) is 7.29. The summed E-state index contributed by atoms with van der Waals surface area (Å²) in [6, 6.07) is 13.8. The number of nitrogens with zero attached hydrogens (tertiary/aromatic N) is 3. The molecule has 0 atom stereocenters. The van der Waals surface area contributed by atoms with Crippen molar-refractivity contribution in [1.29, 1.82) is 0 Å². The van der Waals surface area contributed by atoms with E-state index in [9.17, 15) is 0 Å². The van der Waals surface area contributed by atoms with E-state index < -0.39 is 0 Å². The maximum atomic E-state index is 6.61. The highest BCUT2D eigenvalue weighted by atomic mass is 35.5. The van der Waals surface area contributed by atoms with Gasteiger partial charge in [0.25, 0.3) is 0 Å². The van der Waals surface area contributed by atoms with E-state index in [4.69, 9.17) is 16.3 Å². The van der Waals surface area contributed by atoms with Crippen LogP contribution in [0.2, 0.25) is 5.02 Å². The first kappa shape index (κ1) is 24.4. The Morgan fingerprint density at radius 2 is 1.91 bits per heavy atom. The number of halogens is 1. The van der Waals surface area contributed by atoms with Gasteiger partial charge in [-0.3, -0.25) is 0 Å². The number of aromatic nitrogens is 3. The van der Waals surface area contributed by atoms with Gasteiger partial charge < -0.3 is 19.9 Å². The lowest BCUT2D eigenvalue weighted by molar-refractivity contribution is 0.398. The van der Waals surface area contributed by atoms with Crippen LogP contribution in [0.4, 0.5) is 11.5 Å².